The van der Waals surface area contributed by atoms with Gasteiger partial charge in [-0.3, -0.25) is 14.5 Å². The standard InChI is InChI=1S/C20H21N7O6S2/c1-33-24-12(15-23-20(21)35-25-15)16(29)22-13-17(30)27-14(19(31)32)10(9-34-18(13)27)8-26-6-3-2-4-11(26)5-7-28/h2-4,6,13,18,28H,5,7-9H2,1H3,(H3-,21,22,23,25,29,31,32)/t13?,18-/m1/s1. The van der Waals surface area contributed by atoms with Crippen LogP contribution in [0, 0.1) is 0 Å². The lowest BCUT2D eigenvalue weighted by atomic mass is 10.0. The molecular formula is C20H21N7O6S2. The molecule has 35 heavy (non-hydrogen) atoms. The number of carbonyl (C=O) groups is 3. The van der Waals surface area contributed by atoms with Crippen LogP contribution in [0.25, 0.3) is 0 Å². The van der Waals surface area contributed by atoms with E-state index in [0.717, 1.165) is 22.1 Å². The molecule has 4 N–H and O–H groups in total. The van der Waals surface area contributed by atoms with E-state index in [9.17, 15) is 24.6 Å². The summed E-state index contributed by atoms with van der Waals surface area (Å²) in [4.78, 5) is 47.5. The number of thioether (sulfide) groups is 1. The summed E-state index contributed by atoms with van der Waals surface area (Å²) in [7, 11) is 1.24. The number of aliphatic hydroxyl groups excluding tert-OH is 1. The molecule has 13 nitrogen and oxygen atoms in total. The quantitative estimate of drug-likeness (QED) is 0.137. The topological polar surface area (TPSA) is 187 Å². The first-order chi connectivity index (χ1) is 16.8. The Morgan fingerprint density at radius 2 is 2.26 bits per heavy atom. The third-order valence-corrected chi connectivity index (χ3v) is 7.22. The summed E-state index contributed by atoms with van der Waals surface area (Å²) >= 11 is 2.19. The summed E-state index contributed by atoms with van der Waals surface area (Å²) in [5, 5.41) is 27.0. The Hall–Kier alpha value is -3.56. The summed E-state index contributed by atoms with van der Waals surface area (Å²) in [6.07, 6.45) is 2.17. The van der Waals surface area contributed by atoms with Gasteiger partial charge in [-0.15, -0.1) is 11.8 Å². The third kappa shape index (κ3) is 4.82. The summed E-state index contributed by atoms with van der Waals surface area (Å²) in [6.45, 7) is 0.151. The predicted molar refractivity (Wildman–Crippen MR) is 122 cm³/mol. The number of aliphatic carboxylic acids is 1. The maximum absolute atomic E-state index is 12.9. The van der Waals surface area contributed by atoms with Crippen LogP contribution < -0.4 is 20.7 Å². The highest BCUT2D eigenvalue weighted by molar-refractivity contribution is 8.00. The highest BCUT2D eigenvalue weighted by Crippen LogP contribution is 2.40. The van der Waals surface area contributed by atoms with Crippen molar-refractivity contribution < 1.29 is 34.0 Å². The number of rotatable bonds is 9. The van der Waals surface area contributed by atoms with Crippen molar-refractivity contribution in [2.75, 3.05) is 25.2 Å². The summed E-state index contributed by atoms with van der Waals surface area (Å²) in [6, 6.07) is 4.46. The normalized spacial score (nSPS) is 19.8. The van der Waals surface area contributed by atoms with Crippen LogP contribution in [0.15, 0.2) is 40.8 Å². The molecule has 15 heteroatoms. The number of fused-ring (bicyclic) bond motifs is 1. The number of pyridine rings is 1. The fourth-order valence-electron chi connectivity index (χ4n) is 3.82. The van der Waals surface area contributed by atoms with Gasteiger partial charge in [-0.2, -0.15) is 13.9 Å². The highest BCUT2D eigenvalue weighted by atomic mass is 32.2. The molecule has 4 rings (SSSR count). The fourth-order valence-corrected chi connectivity index (χ4v) is 5.59. The van der Waals surface area contributed by atoms with Crippen LogP contribution in [-0.4, -0.2) is 73.7 Å². The largest absolute Gasteiger partial charge is 0.543 e. The number of amides is 2. The van der Waals surface area contributed by atoms with E-state index in [2.05, 4.69) is 19.8 Å². The molecular weight excluding hydrogens is 498 g/mol. The maximum atomic E-state index is 12.9. The van der Waals surface area contributed by atoms with E-state index in [0.29, 0.717) is 17.7 Å². The molecule has 1 unspecified atom stereocenters. The summed E-state index contributed by atoms with van der Waals surface area (Å²) < 4.78 is 5.75. The highest BCUT2D eigenvalue weighted by Gasteiger charge is 2.53. The maximum Gasteiger partial charge on any atom is 0.278 e. The van der Waals surface area contributed by atoms with Crippen molar-refractivity contribution in [3.8, 4) is 0 Å². The van der Waals surface area contributed by atoms with Gasteiger partial charge in [0.05, 0.1) is 24.7 Å². The molecule has 0 saturated carbocycles. The zero-order valence-electron chi connectivity index (χ0n) is 18.4. The molecule has 2 atom stereocenters. The van der Waals surface area contributed by atoms with E-state index in [4.69, 9.17) is 10.6 Å². The molecule has 2 aromatic rings. The molecule has 2 amide bonds. The Balaban J connectivity index is 1.54. The minimum atomic E-state index is -1.48. The first-order valence-corrected chi connectivity index (χ1v) is 12.2. The van der Waals surface area contributed by atoms with Gasteiger partial charge >= 0.3 is 0 Å². The molecule has 0 bridgehead atoms. The first-order valence-electron chi connectivity index (χ1n) is 10.3. The van der Waals surface area contributed by atoms with Gasteiger partial charge in [0, 0.05) is 35.0 Å². The Kier molecular flexibility index (Phi) is 7.28. The summed E-state index contributed by atoms with van der Waals surface area (Å²) in [5.74, 6) is -2.59. The number of nitrogens with one attached hydrogen (secondary N) is 1. The molecule has 0 radical (unpaired) electrons. The van der Waals surface area contributed by atoms with Crippen LogP contribution in [-0.2, 0) is 32.2 Å². The Morgan fingerprint density at radius 1 is 1.46 bits per heavy atom. The van der Waals surface area contributed by atoms with Crippen molar-refractivity contribution in [3.05, 3.63) is 47.2 Å². The smallest absolute Gasteiger partial charge is 0.278 e. The van der Waals surface area contributed by atoms with E-state index < -0.39 is 29.2 Å². The van der Waals surface area contributed by atoms with Gasteiger partial charge in [-0.25, -0.2) is 0 Å². The second-order valence-corrected chi connectivity index (χ2v) is 9.36. The lowest BCUT2D eigenvalue weighted by Gasteiger charge is -2.50. The Labute approximate surface area is 207 Å². The molecule has 184 valence electrons. The Morgan fingerprint density at radius 3 is 2.91 bits per heavy atom. The molecule has 0 aliphatic carbocycles. The second kappa shape index (κ2) is 10.4. The molecule has 4 heterocycles. The number of nitrogens with zero attached hydrogens (tertiary/aromatic N) is 5. The average molecular weight is 520 g/mol. The van der Waals surface area contributed by atoms with Crippen molar-refractivity contribution in [1.82, 2.24) is 19.6 Å². The number of anilines is 1. The van der Waals surface area contributed by atoms with Gasteiger partial charge in [0.1, 0.15) is 18.5 Å². The fraction of sp³-hybridized carbons (Fsp3) is 0.350. The molecule has 2 aliphatic rings. The van der Waals surface area contributed by atoms with Crippen molar-refractivity contribution >= 4 is 51.9 Å². The van der Waals surface area contributed by atoms with Crippen molar-refractivity contribution in [2.45, 2.75) is 24.4 Å². The number of aliphatic hydroxyl groups is 1. The number of nitrogen functional groups attached to an aromatic ring is 1. The van der Waals surface area contributed by atoms with Crippen molar-refractivity contribution in [3.63, 3.8) is 0 Å². The van der Waals surface area contributed by atoms with Crippen LogP contribution in [0.4, 0.5) is 5.13 Å². The number of carbonyl (C=O) groups excluding carboxylic acids is 3. The zero-order valence-corrected chi connectivity index (χ0v) is 20.0. The third-order valence-electron chi connectivity index (χ3n) is 5.34. The molecule has 1 saturated heterocycles. The minimum absolute atomic E-state index is 0.0528. The van der Waals surface area contributed by atoms with E-state index in [-0.39, 0.29) is 35.5 Å². The SMILES string of the molecule is CON=C(C(=O)NC1C(=O)N2C(C(=O)[O-])=C(C[n+]3ccccc3CCO)CS[C@H]12)c1nsc(N)n1. The van der Waals surface area contributed by atoms with Crippen LogP contribution >= 0.6 is 23.3 Å². The predicted octanol–water partition coefficient (Wildman–Crippen LogP) is -2.60. The van der Waals surface area contributed by atoms with Crippen LogP contribution in [0.5, 0.6) is 0 Å². The van der Waals surface area contributed by atoms with E-state index >= 15 is 0 Å². The average Bonchev–Trinajstić information content (AvgIpc) is 3.27. The van der Waals surface area contributed by atoms with E-state index in [1.807, 2.05) is 16.7 Å². The lowest BCUT2D eigenvalue weighted by Crippen LogP contribution is -2.71. The number of hydrogen-bond acceptors (Lipinski definition) is 12. The van der Waals surface area contributed by atoms with E-state index in [1.165, 1.54) is 18.9 Å². The van der Waals surface area contributed by atoms with Crippen LogP contribution in [0.3, 0.4) is 0 Å². The van der Waals surface area contributed by atoms with Gasteiger partial charge in [-0.05, 0) is 0 Å². The van der Waals surface area contributed by atoms with Gasteiger partial charge in [0.2, 0.25) is 11.5 Å². The van der Waals surface area contributed by atoms with Gasteiger partial charge < -0.3 is 30.9 Å². The van der Waals surface area contributed by atoms with E-state index in [1.54, 1.807) is 12.3 Å². The number of β-lactam (4-membered cyclic amide) rings is 1. The molecule has 2 aliphatic heterocycles. The zero-order chi connectivity index (χ0) is 25.1. The monoisotopic (exact) mass is 519 g/mol. The number of aromatic nitrogens is 3. The molecule has 2 aromatic heterocycles. The summed E-state index contributed by atoms with van der Waals surface area (Å²) in [5.41, 5.74) is 6.40. The minimum Gasteiger partial charge on any atom is -0.543 e. The van der Waals surface area contributed by atoms with Crippen molar-refractivity contribution in [1.29, 1.82) is 0 Å². The molecule has 0 aromatic carbocycles. The lowest BCUT2D eigenvalue weighted by molar-refractivity contribution is -0.696. The molecule has 0 spiro atoms. The first kappa shape index (κ1) is 24.6. The number of oxime groups is 1. The Bertz CT molecular complexity index is 1230. The number of carboxylic acid groups (broad SMARTS) is 1. The number of hydrogen-bond donors (Lipinski definition) is 3. The van der Waals surface area contributed by atoms with Gasteiger partial charge in [0.25, 0.3) is 11.8 Å². The number of nitrogens with two attached hydrogens (primary N) is 1. The second-order valence-electron chi connectivity index (χ2n) is 7.47. The van der Waals surface area contributed by atoms with Gasteiger partial charge in [-0.1, -0.05) is 11.2 Å². The van der Waals surface area contributed by atoms with Crippen LogP contribution in [0.2, 0.25) is 0 Å². The van der Waals surface area contributed by atoms with Gasteiger partial charge in [0.15, 0.2) is 23.6 Å². The van der Waals surface area contributed by atoms with Crippen LogP contribution in [0.1, 0.15) is 11.5 Å². The van der Waals surface area contributed by atoms with Crippen molar-refractivity contribution in [2.24, 2.45) is 5.16 Å². The molecule has 1 fully saturated rings. The number of carboxylic acids is 1.